The Morgan fingerprint density at radius 3 is 2.38 bits per heavy atom. The van der Waals surface area contributed by atoms with Crippen LogP contribution in [0.2, 0.25) is 0 Å². The van der Waals surface area contributed by atoms with Gasteiger partial charge in [0.2, 0.25) is 0 Å². The first-order chi connectivity index (χ1) is 5.85. The van der Waals surface area contributed by atoms with Gasteiger partial charge < -0.3 is 9.84 Å². The largest absolute Gasteiger partial charge is 0.388 e. The van der Waals surface area contributed by atoms with E-state index in [0.717, 1.165) is 26.1 Å². The van der Waals surface area contributed by atoms with Gasteiger partial charge in [-0.05, 0) is 27.2 Å². The second-order valence-corrected chi connectivity index (χ2v) is 4.92. The van der Waals surface area contributed by atoms with Crippen molar-refractivity contribution >= 4 is 0 Å². The molecule has 1 aliphatic rings. The molecule has 13 heavy (non-hydrogen) atoms. The third-order valence-corrected chi connectivity index (χ3v) is 2.71. The van der Waals surface area contributed by atoms with E-state index in [1.807, 2.05) is 6.92 Å². The van der Waals surface area contributed by atoms with Crippen LogP contribution in [0.15, 0.2) is 0 Å². The van der Waals surface area contributed by atoms with Crippen LogP contribution >= 0.6 is 0 Å². The SMILES string of the molecule is COC(C)(C)CCN1CC(C)(O)C1. The van der Waals surface area contributed by atoms with Gasteiger partial charge in [0, 0.05) is 26.7 Å². The molecule has 0 aromatic carbocycles. The summed E-state index contributed by atoms with van der Waals surface area (Å²) in [5.74, 6) is 0. The predicted molar refractivity (Wildman–Crippen MR) is 52.8 cm³/mol. The minimum atomic E-state index is -0.447. The quantitative estimate of drug-likeness (QED) is 0.709. The third kappa shape index (κ3) is 3.25. The lowest BCUT2D eigenvalue weighted by atomic mass is 9.95. The summed E-state index contributed by atoms with van der Waals surface area (Å²) >= 11 is 0. The number of ether oxygens (including phenoxy) is 1. The Morgan fingerprint density at radius 2 is 2.00 bits per heavy atom. The van der Waals surface area contributed by atoms with Crippen LogP contribution < -0.4 is 0 Å². The molecule has 0 spiro atoms. The van der Waals surface area contributed by atoms with Crippen molar-refractivity contribution < 1.29 is 9.84 Å². The minimum absolute atomic E-state index is 0.0402. The van der Waals surface area contributed by atoms with E-state index < -0.39 is 5.60 Å². The highest BCUT2D eigenvalue weighted by molar-refractivity contribution is 4.91. The van der Waals surface area contributed by atoms with Gasteiger partial charge in [0.25, 0.3) is 0 Å². The monoisotopic (exact) mass is 187 g/mol. The fourth-order valence-electron chi connectivity index (χ4n) is 1.60. The normalized spacial score (nSPS) is 22.8. The van der Waals surface area contributed by atoms with E-state index >= 15 is 0 Å². The number of β-amino-alcohol motifs (C(OH)–C–C–N with tert-alkyl or cyclic N) is 1. The molecular weight excluding hydrogens is 166 g/mol. The van der Waals surface area contributed by atoms with Crippen LogP contribution in [0.25, 0.3) is 0 Å². The Kier molecular flexibility index (Phi) is 3.00. The van der Waals surface area contributed by atoms with Crippen LogP contribution in [0, 0.1) is 0 Å². The van der Waals surface area contributed by atoms with Crippen LogP contribution in [0.4, 0.5) is 0 Å². The summed E-state index contributed by atoms with van der Waals surface area (Å²) in [6.07, 6.45) is 1.01. The van der Waals surface area contributed by atoms with Crippen molar-refractivity contribution in [2.45, 2.75) is 38.4 Å². The fraction of sp³-hybridized carbons (Fsp3) is 1.00. The first-order valence-corrected chi connectivity index (χ1v) is 4.85. The molecule has 0 aromatic rings. The highest BCUT2D eigenvalue weighted by Crippen LogP contribution is 2.22. The summed E-state index contributed by atoms with van der Waals surface area (Å²) < 4.78 is 5.32. The minimum Gasteiger partial charge on any atom is -0.388 e. The highest BCUT2D eigenvalue weighted by Gasteiger charge is 2.36. The van der Waals surface area contributed by atoms with Crippen molar-refractivity contribution in [2.24, 2.45) is 0 Å². The average Bonchev–Trinajstić information content (AvgIpc) is 1.97. The summed E-state index contributed by atoms with van der Waals surface area (Å²) in [6, 6.07) is 0. The second kappa shape index (κ2) is 3.56. The lowest BCUT2D eigenvalue weighted by Crippen LogP contribution is -2.60. The molecule has 0 bridgehead atoms. The van der Waals surface area contributed by atoms with E-state index in [2.05, 4.69) is 18.7 Å². The molecule has 0 atom stereocenters. The Morgan fingerprint density at radius 1 is 1.46 bits per heavy atom. The van der Waals surface area contributed by atoms with Gasteiger partial charge in [0.1, 0.15) is 0 Å². The Labute approximate surface area is 80.7 Å². The smallest absolute Gasteiger partial charge is 0.0872 e. The number of likely N-dealkylation sites (tertiary alicyclic amines) is 1. The standard InChI is InChI=1S/C10H21NO2/c1-9(2,13-4)5-6-11-7-10(3,12)8-11/h12H,5-8H2,1-4H3. The Bertz CT molecular complexity index is 170. The molecule has 0 aromatic heterocycles. The van der Waals surface area contributed by atoms with Gasteiger partial charge >= 0.3 is 0 Å². The zero-order valence-electron chi connectivity index (χ0n) is 9.13. The van der Waals surface area contributed by atoms with Gasteiger partial charge in [-0.25, -0.2) is 0 Å². The van der Waals surface area contributed by atoms with Crippen LogP contribution in [0.5, 0.6) is 0 Å². The molecule has 3 nitrogen and oxygen atoms in total. The summed E-state index contributed by atoms with van der Waals surface area (Å²) in [6.45, 7) is 8.66. The molecule has 1 aliphatic heterocycles. The third-order valence-electron chi connectivity index (χ3n) is 2.71. The van der Waals surface area contributed by atoms with Crippen molar-refractivity contribution in [1.82, 2.24) is 4.90 Å². The van der Waals surface area contributed by atoms with Gasteiger partial charge in [-0.15, -0.1) is 0 Å². The van der Waals surface area contributed by atoms with Crippen LogP contribution in [-0.2, 0) is 4.74 Å². The number of hydrogen-bond donors (Lipinski definition) is 1. The zero-order valence-corrected chi connectivity index (χ0v) is 9.13. The molecule has 1 fully saturated rings. The molecule has 1 saturated heterocycles. The molecule has 1 heterocycles. The van der Waals surface area contributed by atoms with E-state index in [1.165, 1.54) is 0 Å². The lowest BCUT2D eigenvalue weighted by Gasteiger charge is -2.45. The zero-order chi connectivity index (χ0) is 10.1. The number of aliphatic hydroxyl groups is 1. The van der Waals surface area contributed by atoms with E-state index in [9.17, 15) is 5.11 Å². The number of hydrogen-bond acceptors (Lipinski definition) is 3. The summed E-state index contributed by atoms with van der Waals surface area (Å²) in [5, 5.41) is 9.50. The molecule has 1 N–H and O–H groups in total. The second-order valence-electron chi connectivity index (χ2n) is 4.92. The van der Waals surface area contributed by atoms with E-state index in [1.54, 1.807) is 7.11 Å². The number of methoxy groups -OCH3 is 1. The van der Waals surface area contributed by atoms with Crippen molar-refractivity contribution in [3.63, 3.8) is 0 Å². The molecule has 3 heteroatoms. The number of nitrogens with zero attached hydrogens (tertiary/aromatic N) is 1. The molecule has 78 valence electrons. The summed E-state index contributed by atoms with van der Waals surface area (Å²) in [5.41, 5.74) is -0.487. The Balaban J connectivity index is 2.15. The van der Waals surface area contributed by atoms with E-state index in [-0.39, 0.29) is 5.60 Å². The first-order valence-electron chi connectivity index (χ1n) is 4.85. The van der Waals surface area contributed by atoms with Crippen molar-refractivity contribution in [3.8, 4) is 0 Å². The molecule has 1 rings (SSSR count). The molecule has 0 aliphatic carbocycles. The average molecular weight is 187 g/mol. The lowest BCUT2D eigenvalue weighted by molar-refractivity contribution is -0.0924. The van der Waals surface area contributed by atoms with Crippen molar-refractivity contribution in [3.05, 3.63) is 0 Å². The van der Waals surface area contributed by atoms with Crippen LogP contribution in [0.3, 0.4) is 0 Å². The molecule has 0 amide bonds. The van der Waals surface area contributed by atoms with Crippen LogP contribution in [-0.4, -0.2) is 48.0 Å². The maximum atomic E-state index is 9.50. The maximum Gasteiger partial charge on any atom is 0.0872 e. The highest BCUT2D eigenvalue weighted by atomic mass is 16.5. The van der Waals surface area contributed by atoms with Gasteiger partial charge in [-0.3, -0.25) is 4.90 Å². The van der Waals surface area contributed by atoms with Crippen molar-refractivity contribution in [1.29, 1.82) is 0 Å². The van der Waals surface area contributed by atoms with Crippen molar-refractivity contribution in [2.75, 3.05) is 26.7 Å². The molecule has 0 radical (unpaired) electrons. The summed E-state index contributed by atoms with van der Waals surface area (Å²) in [4.78, 5) is 2.25. The van der Waals surface area contributed by atoms with E-state index in [0.29, 0.717) is 0 Å². The fourth-order valence-corrected chi connectivity index (χ4v) is 1.60. The Hall–Kier alpha value is -0.120. The number of rotatable bonds is 4. The molecule has 0 saturated carbocycles. The van der Waals surface area contributed by atoms with Gasteiger partial charge in [-0.2, -0.15) is 0 Å². The van der Waals surface area contributed by atoms with Gasteiger partial charge in [-0.1, -0.05) is 0 Å². The molecule has 0 unspecified atom stereocenters. The molecular formula is C10H21NO2. The van der Waals surface area contributed by atoms with Crippen LogP contribution in [0.1, 0.15) is 27.2 Å². The predicted octanol–water partition coefficient (Wildman–Crippen LogP) is 0.868. The van der Waals surface area contributed by atoms with Gasteiger partial charge in [0.15, 0.2) is 0 Å². The van der Waals surface area contributed by atoms with Gasteiger partial charge in [0.05, 0.1) is 11.2 Å². The van der Waals surface area contributed by atoms with E-state index in [4.69, 9.17) is 4.74 Å². The first kappa shape index (κ1) is 11.0. The summed E-state index contributed by atoms with van der Waals surface area (Å²) in [7, 11) is 1.74. The maximum absolute atomic E-state index is 9.50. The topological polar surface area (TPSA) is 32.7 Å².